The van der Waals surface area contributed by atoms with Crippen molar-refractivity contribution in [2.75, 3.05) is 19.6 Å². The van der Waals surface area contributed by atoms with Crippen LogP contribution in [0.4, 0.5) is 17.6 Å². The summed E-state index contributed by atoms with van der Waals surface area (Å²) in [4.78, 5) is 13.6. The summed E-state index contributed by atoms with van der Waals surface area (Å²) in [7, 11) is 0. The summed E-state index contributed by atoms with van der Waals surface area (Å²) in [5, 5.41) is 3.20. The van der Waals surface area contributed by atoms with Gasteiger partial charge < -0.3 is 10.2 Å². The van der Waals surface area contributed by atoms with Crippen molar-refractivity contribution in [3.05, 3.63) is 35.4 Å². The van der Waals surface area contributed by atoms with Crippen LogP contribution in [0.25, 0.3) is 0 Å². The highest BCUT2D eigenvalue weighted by molar-refractivity contribution is 5.82. The molecule has 1 aromatic rings. The lowest BCUT2D eigenvalue weighted by Crippen LogP contribution is -2.58. The number of rotatable bonds is 2. The SMILES string of the molecule is CC1(C)CN(C(=O)C(F)c2ccc(C(F)(F)F)cc2)CCN1. The quantitative estimate of drug-likeness (QED) is 0.851. The Labute approximate surface area is 126 Å². The summed E-state index contributed by atoms with van der Waals surface area (Å²) < 4.78 is 51.7. The third kappa shape index (κ3) is 3.76. The van der Waals surface area contributed by atoms with E-state index < -0.39 is 23.8 Å². The van der Waals surface area contributed by atoms with Crippen molar-refractivity contribution >= 4 is 5.91 Å². The minimum Gasteiger partial charge on any atom is -0.337 e. The van der Waals surface area contributed by atoms with Gasteiger partial charge in [-0.15, -0.1) is 0 Å². The maximum Gasteiger partial charge on any atom is 0.416 e. The summed E-state index contributed by atoms with van der Waals surface area (Å²) in [6.07, 6.45) is -6.42. The molecule has 0 spiro atoms. The zero-order valence-electron chi connectivity index (χ0n) is 12.4. The first-order chi connectivity index (χ1) is 10.1. The van der Waals surface area contributed by atoms with Gasteiger partial charge in [0.1, 0.15) is 0 Å². The number of hydrogen-bond acceptors (Lipinski definition) is 2. The smallest absolute Gasteiger partial charge is 0.337 e. The number of halogens is 4. The highest BCUT2D eigenvalue weighted by Crippen LogP contribution is 2.31. The Balaban J connectivity index is 2.10. The normalized spacial score (nSPS) is 19.8. The summed E-state index contributed by atoms with van der Waals surface area (Å²) in [6.45, 7) is 5.09. The molecule has 2 rings (SSSR count). The van der Waals surface area contributed by atoms with Crippen molar-refractivity contribution in [3.8, 4) is 0 Å². The van der Waals surface area contributed by atoms with Crippen molar-refractivity contribution in [2.45, 2.75) is 31.7 Å². The highest BCUT2D eigenvalue weighted by Gasteiger charge is 2.34. The van der Waals surface area contributed by atoms with Crippen LogP contribution in [0, 0.1) is 0 Å². The van der Waals surface area contributed by atoms with Crippen molar-refractivity contribution in [1.29, 1.82) is 0 Å². The van der Waals surface area contributed by atoms with E-state index in [-0.39, 0.29) is 11.1 Å². The molecule has 0 saturated carbocycles. The maximum atomic E-state index is 14.3. The first kappa shape index (κ1) is 16.7. The predicted molar refractivity (Wildman–Crippen MR) is 74.0 cm³/mol. The van der Waals surface area contributed by atoms with Crippen LogP contribution in [-0.4, -0.2) is 36.0 Å². The van der Waals surface area contributed by atoms with Gasteiger partial charge in [-0.1, -0.05) is 12.1 Å². The van der Waals surface area contributed by atoms with E-state index in [0.717, 1.165) is 24.3 Å². The molecule has 7 heteroatoms. The number of nitrogens with zero attached hydrogens (tertiary/aromatic N) is 1. The fraction of sp³-hybridized carbons (Fsp3) is 0.533. The average molecular weight is 318 g/mol. The molecule has 1 aromatic carbocycles. The van der Waals surface area contributed by atoms with E-state index in [2.05, 4.69) is 5.32 Å². The van der Waals surface area contributed by atoms with E-state index in [1.807, 2.05) is 13.8 Å². The molecule has 1 aliphatic heterocycles. The third-order valence-corrected chi connectivity index (χ3v) is 3.63. The van der Waals surface area contributed by atoms with Crippen LogP contribution in [0.15, 0.2) is 24.3 Å². The molecule has 0 bridgehead atoms. The number of carbonyl (C=O) groups excluding carboxylic acids is 1. The largest absolute Gasteiger partial charge is 0.416 e. The lowest BCUT2D eigenvalue weighted by atomic mass is 10.0. The van der Waals surface area contributed by atoms with Gasteiger partial charge in [0.05, 0.1) is 5.56 Å². The molecule has 1 aliphatic rings. The summed E-state index contributed by atoms with van der Waals surface area (Å²) in [6, 6.07) is 3.60. The van der Waals surface area contributed by atoms with Gasteiger partial charge in [-0.2, -0.15) is 13.2 Å². The lowest BCUT2D eigenvalue weighted by molar-refractivity contribution is -0.138. The van der Waals surface area contributed by atoms with E-state index in [1.165, 1.54) is 4.90 Å². The zero-order chi connectivity index (χ0) is 16.5. The molecular formula is C15H18F4N2O. The Morgan fingerprint density at radius 2 is 1.86 bits per heavy atom. The summed E-state index contributed by atoms with van der Waals surface area (Å²) in [5.74, 6) is -0.714. The molecule has 1 atom stereocenters. The first-order valence-corrected chi connectivity index (χ1v) is 6.95. The highest BCUT2D eigenvalue weighted by atomic mass is 19.4. The Hall–Kier alpha value is -1.63. The number of benzene rings is 1. The van der Waals surface area contributed by atoms with Gasteiger partial charge in [0.2, 0.25) is 6.17 Å². The standard InChI is InChI=1S/C15H18F4N2O/c1-14(2)9-21(8-7-20-14)13(22)12(16)10-3-5-11(6-4-10)15(17,18)19/h3-6,12,20H,7-9H2,1-2H3. The zero-order valence-corrected chi connectivity index (χ0v) is 12.4. The second-order valence-corrected chi connectivity index (χ2v) is 6.05. The summed E-state index contributed by atoms with van der Waals surface area (Å²) in [5.41, 5.74) is -1.23. The summed E-state index contributed by atoms with van der Waals surface area (Å²) >= 11 is 0. The first-order valence-electron chi connectivity index (χ1n) is 6.95. The molecule has 1 fully saturated rings. The Morgan fingerprint density at radius 3 is 2.36 bits per heavy atom. The number of hydrogen-bond donors (Lipinski definition) is 1. The monoisotopic (exact) mass is 318 g/mol. The van der Waals surface area contributed by atoms with Gasteiger partial charge in [-0.3, -0.25) is 4.79 Å². The number of alkyl halides is 4. The molecule has 1 saturated heterocycles. The van der Waals surface area contributed by atoms with Crippen molar-refractivity contribution in [1.82, 2.24) is 10.2 Å². The molecule has 3 nitrogen and oxygen atoms in total. The Kier molecular flexibility index (Phi) is 4.47. The Bertz CT molecular complexity index is 539. The van der Waals surface area contributed by atoms with Gasteiger partial charge in [0, 0.05) is 25.2 Å². The fourth-order valence-electron chi connectivity index (χ4n) is 2.47. The molecule has 1 amide bonds. The minimum atomic E-state index is -4.48. The molecule has 0 radical (unpaired) electrons. The fourth-order valence-corrected chi connectivity index (χ4v) is 2.47. The van der Waals surface area contributed by atoms with Crippen molar-refractivity contribution < 1.29 is 22.4 Å². The van der Waals surface area contributed by atoms with Gasteiger partial charge in [-0.25, -0.2) is 4.39 Å². The van der Waals surface area contributed by atoms with Gasteiger partial charge in [0.15, 0.2) is 0 Å². The average Bonchev–Trinajstić information content (AvgIpc) is 2.44. The van der Waals surface area contributed by atoms with E-state index >= 15 is 0 Å². The lowest BCUT2D eigenvalue weighted by Gasteiger charge is -2.39. The van der Waals surface area contributed by atoms with E-state index in [9.17, 15) is 22.4 Å². The van der Waals surface area contributed by atoms with Gasteiger partial charge >= 0.3 is 6.18 Å². The van der Waals surface area contributed by atoms with Crippen LogP contribution < -0.4 is 5.32 Å². The van der Waals surface area contributed by atoms with Crippen LogP contribution >= 0.6 is 0 Å². The number of carbonyl (C=O) groups is 1. The molecule has 22 heavy (non-hydrogen) atoms. The van der Waals surface area contributed by atoms with Crippen LogP contribution in [0.3, 0.4) is 0 Å². The topological polar surface area (TPSA) is 32.3 Å². The van der Waals surface area contributed by atoms with Crippen LogP contribution in [0.2, 0.25) is 0 Å². The minimum absolute atomic E-state index is 0.0608. The molecular weight excluding hydrogens is 300 g/mol. The van der Waals surface area contributed by atoms with Crippen molar-refractivity contribution in [2.24, 2.45) is 0 Å². The number of nitrogens with one attached hydrogen (secondary N) is 1. The second-order valence-electron chi connectivity index (χ2n) is 6.05. The van der Waals surface area contributed by atoms with Gasteiger partial charge in [0.25, 0.3) is 5.91 Å². The predicted octanol–water partition coefficient (Wildman–Crippen LogP) is 2.93. The molecule has 1 unspecified atom stereocenters. The third-order valence-electron chi connectivity index (χ3n) is 3.63. The number of amides is 1. The van der Waals surface area contributed by atoms with Crippen LogP contribution in [0.1, 0.15) is 31.1 Å². The molecule has 0 aromatic heterocycles. The Morgan fingerprint density at radius 1 is 1.27 bits per heavy atom. The number of piperazine rings is 1. The molecule has 1 N–H and O–H groups in total. The molecule has 1 heterocycles. The van der Waals surface area contributed by atoms with E-state index in [4.69, 9.17) is 0 Å². The van der Waals surface area contributed by atoms with Crippen LogP contribution in [-0.2, 0) is 11.0 Å². The molecule has 122 valence electrons. The molecule has 0 aliphatic carbocycles. The maximum absolute atomic E-state index is 14.3. The van der Waals surface area contributed by atoms with E-state index in [1.54, 1.807) is 0 Å². The van der Waals surface area contributed by atoms with Gasteiger partial charge in [-0.05, 0) is 31.5 Å². The second kappa shape index (κ2) is 5.87. The van der Waals surface area contributed by atoms with Crippen LogP contribution in [0.5, 0.6) is 0 Å². The van der Waals surface area contributed by atoms with E-state index in [0.29, 0.717) is 19.6 Å². The van der Waals surface area contributed by atoms with Crippen molar-refractivity contribution in [3.63, 3.8) is 0 Å².